The zero-order chi connectivity index (χ0) is 21.7. The third kappa shape index (κ3) is 2.99. The van der Waals surface area contributed by atoms with Crippen molar-refractivity contribution in [3.05, 3.63) is 94.5 Å². The lowest BCUT2D eigenvalue weighted by molar-refractivity contribution is 0.836. The second-order valence-electron chi connectivity index (χ2n) is 7.95. The number of hydrogen-bond donors (Lipinski definition) is 3. The van der Waals surface area contributed by atoms with Crippen LogP contribution in [-0.4, -0.2) is 24.7 Å². The van der Waals surface area contributed by atoms with Crippen LogP contribution in [0, 0.1) is 0 Å². The topological polar surface area (TPSA) is 105 Å². The Balaban J connectivity index is 1.51. The standard InChI is InChI=1S/C25H20N6O/c26-11-15-5-7-16(8-6-15)13-31-14-19(18-3-1-2-4-23(18)31)24-25(32)29-21-9-17-12-27-30-20(17)10-22(21)28-24/h1-10,12,14H,11,13,26H2,(H,27,30)(H,29,32). The van der Waals surface area contributed by atoms with Gasteiger partial charge in [-0.3, -0.25) is 9.89 Å². The molecule has 0 spiro atoms. The maximum absolute atomic E-state index is 13.0. The number of benzene rings is 3. The normalized spacial score (nSPS) is 11.7. The number of nitrogens with zero attached hydrogens (tertiary/aromatic N) is 3. The molecule has 0 saturated heterocycles. The summed E-state index contributed by atoms with van der Waals surface area (Å²) < 4.78 is 2.16. The van der Waals surface area contributed by atoms with Crippen LogP contribution >= 0.6 is 0 Å². The van der Waals surface area contributed by atoms with E-state index in [2.05, 4.69) is 37.9 Å². The van der Waals surface area contributed by atoms with E-state index >= 15 is 0 Å². The molecule has 0 aliphatic heterocycles. The largest absolute Gasteiger partial charge is 0.342 e. The summed E-state index contributed by atoms with van der Waals surface area (Å²) in [6.45, 7) is 1.21. The Morgan fingerprint density at radius 2 is 1.78 bits per heavy atom. The van der Waals surface area contributed by atoms with Crippen molar-refractivity contribution in [1.82, 2.24) is 24.7 Å². The summed E-state index contributed by atoms with van der Waals surface area (Å²) in [5.74, 6) is 0. The Labute approximate surface area is 182 Å². The van der Waals surface area contributed by atoms with Crippen molar-refractivity contribution in [3.63, 3.8) is 0 Å². The van der Waals surface area contributed by atoms with Crippen LogP contribution in [-0.2, 0) is 13.1 Å². The van der Waals surface area contributed by atoms with Crippen LogP contribution < -0.4 is 11.3 Å². The van der Waals surface area contributed by atoms with Crippen LogP contribution in [0.4, 0.5) is 0 Å². The summed E-state index contributed by atoms with van der Waals surface area (Å²) in [7, 11) is 0. The molecule has 6 aromatic rings. The number of hydrogen-bond acceptors (Lipinski definition) is 4. The van der Waals surface area contributed by atoms with Crippen LogP contribution in [0.2, 0.25) is 0 Å². The van der Waals surface area contributed by atoms with Crippen molar-refractivity contribution < 1.29 is 0 Å². The summed E-state index contributed by atoms with van der Waals surface area (Å²) in [6.07, 6.45) is 3.74. The van der Waals surface area contributed by atoms with Gasteiger partial charge in [-0.15, -0.1) is 0 Å². The number of para-hydroxylation sites is 1. The SMILES string of the molecule is NCc1ccc(Cn2cc(-c3nc4cc5[nH]ncc5cc4[nH]c3=O)c3ccccc32)cc1. The first-order valence-corrected chi connectivity index (χ1v) is 10.4. The lowest BCUT2D eigenvalue weighted by Crippen LogP contribution is -2.11. The molecule has 0 bridgehead atoms. The number of aromatic nitrogens is 5. The highest BCUT2D eigenvalue weighted by atomic mass is 16.1. The van der Waals surface area contributed by atoms with Gasteiger partial charge in [0.15, 0.2) is 0 Å². The third-order valence-electron chi connectivity index (χ3n) is 5.91. The van der Waals surface area contributed by atoms with E-state index in [-0.39, 0.29) is 5.56 Å². The van der Waals surface area contributed by atoms with Gasteiger partial charge in [-0.1, -0.05) is 42.5 Å². The number of fused-ring (bicyclic) bond motifs is 3. The predicted octanol–water partition coefficient (Wildman–Crippen LogP) is 3.93. The van der Waals surface area contributed by atoms with Gasteiger partial charge in [0.1, 0.15) is 5.69 Å². The Morgan fingerprint density at radius 1 is 0.969 bits per heavy atom. The van der Waals surface area contributed by atoms with Gasteiger partial charge >= 0.3 is 0 Å². The quantitative estimate of drug-likeness (QED) is 0.402. The van der Waals surface area contributed by atoms with Crippen molar-refractivity contribution in [2.45, 2.75) is 13.1 Å². The van der Waals surface area contributed by atoms with E-state index in [4.69, 9.17) is 10.7 Å². The van der Waals surface area contributed by atoms with E-state index < -0.39 is 0 Å². The fourth-order valence-corrected chi connectivity index (χ4v) is 4.25. The first-order chi connectivity index (χ1) is 15.7. The van der Waals surface area contributed by atoms with E-state index in [9.17, 15) is 4.79 Å². The Bertz CT molecular complexity index is 1660. The van der Waals surface area contributed by atoms with Crippen LogP contribution in [0.5, 0.6) is 0 Å². The average molecular weight is 420 g/mol. The number of nitrogens with one attached hydrogen (secondary N) is 2. The fraction of sp³-hybridized carbons (Fsp3) is 0.0800. The van der Waals surface area contributed by atoms with Gasteiger partial charge in [0.25, 0.3) is 5.56 Å². The van der Waals surface area contributed by atoms with Crippen LogP contribution in [0.15, 0.2) is 77.9 Å². The van der Waals surface area contributed by atoms with Gasteiger partial charge in [0, 0.05) is 41.1 Å². The van der Waals surface area contributed by atoms with Crippen molar-refractivity contribution in [3.8, 4) is 11.3 Å². The molecular weight excluding hydrogens is 400 g/mol. The number of rotatable bonds is 4. The zero-order valence-electron chi connectivity index (χ0n) is 17.2. The van der Waals surface area contributed by atoms with Gasteiger partial charge in [0.2, 0.25) is 0 Å². The van der Waals surface area contributed by atoms with Gasteiger partial charge < -0.3 is 15.3 Å². The molecule has 3 heterocycles. The summed E-state index contributed by atoms with van der Waals surface area (Å²) in [4.78, 5) is 20.8. The number of aromatic amines is 2. The van der Waals surface area contributed by atoms with Crippen molar-refractivity contribution in [2.24, 2.45) is 5.73 Å². The van der Waals surface area contributed by atoms with E-state index in [1.807, 2.05) is 48.7 Å². The molecule has 3 aromatic carbocycles. The monoisotopic (exact) mass is 420 g/mol. The molecular formula is C25H20N6O. The maximum atomic E-state index is 13.0. The molecule has 32 heavy (non-hydrogen) atoms. The molecule has 4 N–H and O–H groups in total. The molecule has 0 amide bonds. The lowest BCUT2D eigenvalue weighted by atomic mass is 10.1. The van der Waals surface area contributed by atoms with Crippen LogP contribution in [0.3, 0.4) is 0 Å². The first kappa shape index (κ1) is 18.5. The molecule has 0 radical (unpaired) electrons. The summed E-state index contributed by atoms with van der Waals surface area (Å²) in [6, 6.07) is 20.2. The third-order valence-corrected chi connectivity index (χ3v) is 5.91. The smallest absolute Gasteiger partial charge is 0.275 e. The van der Waals surface area contributed by atoms with Crippen molar-refractivity contribution in [1.29, 1.82) is 0 Å². The van der Waals surface area contributed by atoms with Crippen LogP contribution in [0.1, 0.15) is 11.1 Å². The van der Waals surface area contributed by atoms with E-state index in [0.717, 1.165) is 38.5 Å². The summed E-state index contributed by atoms with van der Waals surface area (Å²) in [5, 5.41) is 8.95. The van der Waals surface area contributed by atoms with Crippen LogP contribution in [0.25, 0.3) is 44.1 Å². The molecule has 3 aromatic heterocycles. The van der Waals surface area contributed by atoms with Gasteiger partial charge in [-0.05, 0) is 29.3 Å². The highest BCUT2D eigenvalue weighted by Crippen LogP contribution is 2.29. The van der Waals surface area contributed by atoms with E-state index in [1.165, 1.54) is 0 Å². The minimum absolute atomic E-state index is 0.212. The second-order valence-corrected chi connectivity index (χ2v) is 7.95. The first-order valence-electron chi connectivity index (χ1n) is 10.4. The molecule has 0 aliphatic rings. The highest BCUT2D eigenvalue weighted by molar-refractivity contribution is 5.97. The highest BCUT2D eigenvalue weighted by Gasteiger charge is 2.16. The molecule has 0 fully saturated rings. The molecule has 0 unspecified atom stereocenters. The van der Waals surface area contributed by atoms with Gasteiger partial charge in [-0.2, -0.15) is 5.10 Å². The predicted molar refractivity (Wildman–Crippen MR) is 126 cm³/mol. The molecule has 7 heteroatoms. The van der Waals surface area contributed by atoms with Crippen molar-refractivity contribution >= 4 is 32.8 Å². The van der Waals surface area contributed by atoms with E-state index in [0.29, 0.717) is 29.8 Å². The minimum Gasteiger partial charge on any atom is -0.342 e. The maximum Gasteiger partial charge on any atom is 0.275 e. The molecule has 7 nitrogen and oxygen atoms in total. The fourth-order valence-electron chi connectivity index (χ4n) is 4.25. The Morgan fingerprint density at radius 3 is 2.62 bits per heavy atom. The Hall–Kier alpha value is -4.23. The lowest BCUT2D eigenvalue weighted by Gasteiger charge is -2.06. The number of nitrogens with two attached hydrogens (primary N) is 1. The number of H-pyrrole nitrogens is 2. The molecule has 0 aliphatic carbocycles. The summed E-state index contributed by atoms with van der Waals surface area (Å²) >= 11 is 0. The zero-order valence-corrected chi connectivity index (χ0v) is 17.2. The second kappa shape index (κ2) is 7.18. The van der Waals surface area contributed by atoms with Crippen molar-refractivity contribution in [2.75, 3.05) is 0 Å². The molecule has 0 atom stereocenters. The van der Waals surface area contributed by atoms with Gasteiger partial charge in [-0.25, -0.2) is 4.98 Å². The Kier molecular flexibility index (Phi) is 4.16. The van der Waals surface area contributed by atoms with E-state index in [1.54, 1.807) is 6.20 Å². The summed E-state index contributed by atoms with van der Waals surface area (Å²) in [5.41, 5.74) is 12.3. The molecule has 156 valence electrons. The molecule has 6 rings (SSSR count). The molecule has 0 saturated carbocycles. The minimum atomic E-state index is -0.212. The average Bonchev–Trinajstić information content (AvgIpc) is 3.42. The van der Waals surface area contributed by atoms with Gasteiger partial charge in [0.05, 0.1) is 22.7 Å².